The fraction of sp³-hybridized carbons (Fsp3) is 0.462. The van der Waals surface area contributed by atoms with Crippen LogP contribution in [0.25, 0.3) is 0 Å². The maximum atomic E-state index is 12.7. The number of amides is 1. The molecule has 0 aliphatic heterocycles. The van der Waals surface area contributed by atoms with Crippen molar-refractivity contribution in [1.29, 1.82) is 0 Å². The van der Waals surface area contributed by atoms with Crippen molar-refractivity contribution in [2.24, 2.45) is 0 Å². The normalized spacial score (nSPS) is 11.7. The van der Waals surface area contributed by atoms with Crippen molar-refractivity contribution in [3.8, 4) is 0 Å². The Morgan fingerprint density at radius 3 is 2.43 bits per heavy atom. The molecular formula is C13H18BrClN2O3S. The SMILES string of the molecule is CCCN(CC(=O)N(C)C)S(=O)(=O)c1ccc(Br)cc1Cl. The van der Waals surface area contributed by atoms with E-state index in [0.29, 0.717) is 10.9 Å². The molecule has 1 rings (SSSR count). The molecule has 5 nitrogen and oxygen atoms in total. The Kier molecular flexibility index (Phi) is 6.65. The van der Waals surface area contributed by atoms with Crippen molar-refractivity contribution < 1.29 is 13.2 Å². The third kappa shape index (κ3) is 4.67. The van der Waals surface area contributed by atoms with E-state index in [4.69, 9.17) is 11.6 Å². The number of rotatable bonds is 6. The van der Waals surface area contributed by atoms with Crippen LogP contribution in [0.1, 0.15) is 13.3 Å². The van der Waals surface area contributed by atoms with Crippen LogP contribution in [0.2, 0.25) is 5.02 Å². The zero-order valence-corrected chi connectivity index (χ0v) is 15.3. The molecule has 0 aliphatic rings. The number of benzene rings is 1. The van der Waals surface area contributed by atoms with Crippen molar-refractivity contribution in [2.75, 3.05) is 27.2 Å². The summed E-state index contributed by atoms with van der Waals surface area (Å²) in [6.07, 6.45) is 0.605. The lowest BCUT2D eigenvalue weighted by molar-refractivity contribution is -0.128. The molecular weight excluding hydrogens is 380 g/mol. The molecule has 0 radical (unpaired) electrons. The Hall–Kier alpha value is -0.630. The van der Waals surface area contributed by atoms with Gasteiger partial charge in [-0.3, -0.25) is 4.79 Å². The van der Waals surface area contributed by atoms with Gasteiger partial charge in [-0.2, -0.15) is 4.31 Å². The van der Waals surface area contributed by atoms with Gasteiger partial charge in [0.15, 0.2) is 0 Å². The average Bonchev–Trinajstić information content (AvgIpc) is 2.37. The first-order valence-corrected chi connectivity index (χ1v) is 8.96. The first-order valence-electron chi connectivity index (χ1n) is 6.35. The van der Waals surface area contributed by atoms with Crippen LogP contribution < -0.4 is 0 Å². The second-order valence-corrected chi connectivity index (χ2v) is 7.93. The second kappa shape index (κ2) is 7.58. The molecule has 0 atom stereocenters. The summed E-state index contributed by atoms with van der Waals surface area (Å²) in [5.74, 6) is -0.278. The van der Waals surface area contributed by atoms with Gasteiger partial charge >= 0.3 is 0 Å². The predicted molar refractivity (Wildman–Crippen MR) is 86.9 cm³/mol. The van der Waals surface area contributed by atoms with E-state index in [-0.39, 0.29) is 28.9 Å². The molecule has 1 aromatic carbocycles. The van der Waals surface area contributed by atoms with Gasteiger partial charge in [-0.25, -0.2) is 8.42 Å². The third-order valence-corrected chi connectivity index (χ3v) is 5.62. The highest BCUT2D eigenvalue weighted by atomic mass is 79.9. The van der Waals surface area contributed by atoms with E-state index in [1.165, 1.54) is 17.0 Å². The molecule has 0 aliphatic carbocycles. The van der Waals surface area contributed by atoms with Crippen LogP contribution in [0.15, 0.2) is 27.6 Å². The summed E-state index contributed by atoms with van der Waals surface area (Å²) in [6.45, 7) is 1.91. The molecule has 0 saturated carbocycles. The Morgan fingerprint density at radius 2 is 1.95 bits per heavy atom. The summed E-state index contributed by atoms with van der Waals surface area (Å²) in [4.78, 5) is 13.2. The Labute approximate surface area is 139 Å². The van der Waals surface area contributed by atoms with Gasteiger partial charge in [0.25, 0.3) is 0 Å². The third-order valence-electron chi connectivity index (χ3n) is 2.80. The highest BCUT2D eigenvalue weighted by molar-refractivity contribution is 9.10. The Morgan fingerprint density at radius 1 is 1.33 bits per heavy atom. The zero-order valence-electron chi connectivity index (χ0n) is 12.1. The van der Waals surface area contributed by atoms with E-state index in [2.05, 4.69) is 15.9 Å². The molecule has 0 N–H and O–H groups in total. The topological polar surface area (TPSA) is 57.7 Å². The lowest BCUT2D eigenvalue weighted by atomic mass is 10.4. The summed E-state index contributed by atoms with van der Waals surface area (Å²) < 4.78 is 27.2. The molecule has 8 heteroatoms. The maximum absolute atomic E-state index is 12.7. The first-order chi connectivity index (χ1) is 9.70. The molecule has 0 bridgehead atoms. The van der Waals surface area contributed by atoms with Crippen LogP contribution in [-0.4, -0.2) is 50.7 Å². The van der Waals surface area contributed by atoms with Crippen molar-refractivity contribution in [1.82, 2.24) is 9.21 Å². The molecule has 0 saturated heterocycles. The summed E-state index contributed by atoms with van der Waals surface area (Å²) in [7, 11) is -0.628. The standard InChI is InChI=1S/C13H18BrClN2O3S/c1-4-7-17(9-13(18)16(2)3)21(19,20)12-6-5-10(14)8-11(12)15/h5-6,8H,4,7,9H2,1-3H3. The quantitative estimate of drug-likeness (QED) is 0.741. The molecule has 0 heterocycles. The van der Waals surface area contributed by atoms with Crippen molar-refractivity contribution in [2.45, 2.75) is 18.2 Å². The van der Waals surface area contributed by atoms with Crippen LogP contribution in [0.3, 0.4) is 0 Å². The predicted octanol–water partition coefficient (Wildman–Crippen LogP) is 2.59. The number of nitrogens with zero attached hydrogens (tertiary/aromatic N) is 2. The van der Waals surface area contributed by atoms with Crippen LogP contribution in [0, 0.1) is 0 Å². The molecule has 118 valence electrons. The lowest BCUT2D eigenvalue weighted by Crippen LogP contribution is -2.40. The summed E-state index contributed by atoms with van der Waals surface area (Å²) >= 11 is 9.26. The van der Waals surface area contributed by atoms with Crippen molar-refractivity contribution >= 4 is 43.5 Å². The summed E-state index contributed by atoms with van der Waals surface area (Å²) in [5.41, 5.74) is 0. The number of halogens is 2. The summed E-state index contributed by atoms with van der Waals surface area (Å²) in [6, 6.07) is 4.56. The van der Waals surface area contributed by atoms with Crippen LogP contribution in [-0.2, 0) is 14.8 Å². The Bertz CT molecular complexity index is 620. The van der Waals surface area contributed by atoms with E-state index in [1.807, 2.05) is 6.92 Å². The summed E-state index contributed by atoms with van der Waals surface area (Å²) in [5, 5.41) is 0.128. The van der Waals surface area contributed by atoms with E-state index in [9.17, 15) is 13.2 Å². The van der Waals surface area contributed by atoms with E-state index in [0.717, 1.165) is 4.31 Å². The van der Waals surface area contributed by atoms with E-state index < -0.39 is 10.0 Å². The largest absolute Gasteiger partial charge is 0.348 e. The number of carbonyl (C=O) groups excluding carboxylic acids is 1. The average molecular weight is 398 g/mol. The van der Waals surface area contributed by atoms with Crippen molar-refractivity contribution in [3.05, 3.63) is 27.7 Å². The highest BCUT2D eigenvalue weighted by Gasteiger charge is 2.28. The minimum atomic E-state index is -3.81. The van der Waals surface area contributed by atoms with Gasteiger partial charge in [-0.05, 0) is 24.6 Å². The first kappa shape index (κ1) is 18.4. The van der Waals surface area contributed by atoms with Crippen molar-refractivity contribution in [3.63, 3.8) is 0 Å². The molecule has 1 amide bonds. The number of carbonyl (C=O) groups is 1. The smallest absolute Gasteiger partial charge is 0.245 e. The number of sulfonamides is 1. The van der Waals surface area contributed by atoms with Gasteiger partial charge in [0, 0.05) is 25.1 Å². The van der Waals surface area contributed by atoms with E-state index >= 15 is 0 Å². The molecule has 1 aromatic rings. The monoisotopic (exact) mass is 396 g/mol. The van der Waals surface area contributed by atoms with Gasteiger partial charge in [0.05, 0.1) is 11.6 Å². The zero-order chi connectivity index (χ0) is 16.2. The second-order valence-electron chi connectivity index (χ2n) is 4.70. The highest BCUT2D eigenvalue weighted by Crippen LogP contribution is 2.27. The fourth-order valence-electron chi connectivity index (χ4n) is 1.65. The molecule has 0 unspecified atom stereocenters. The lowest BCUT2D eigenvalue weighted by Gasteiger charge is -2.23. The van der Waals surface area contributed by atoms with Gasteiger partial charge < -0.3 is 4.90 Å². The van der Waals surface area contributed by atoms with Gasteiger partial charge in [-0.15, -0.1) is 0 Å². The van der Waals surface area contributed by atoms with Crippen LogP contribution in [0.5, 0.6) is 0 Å². The molecule has 21 heavy (non-hydrogen) atoms. The minimum Gasteiger partial charge on any atom is -0.348 e. The van der Waals surface area contributed by atoms with Gasteiger partial charge in [0.2, 0.25) is 15.9 Å². The maximum Gasteiger partial charge on any atom is 0.245 e. The fourth-order valence-corrected chi connectivity index (χ4v) is 4.14. The number of hydrogen-bond donors (Lipinski definition) is 0. The minimum absolute atomic E-state index is 0.00683. The van der Waals surface area contributed by atoms with Crippen LogP contribution >= 0.6 is 27.5 Å². The molecule has 0 fully saturated rings. The Balaban J connectivity index is 3.18. The molecule has 0 spiro atoms. The number of likely N-dealkylation sites (N-methyl/N-ethyl adjacent to an activating group) is 1. The van der Waals surface area contributed by atoms with Gasteiger partial charge in [0.1, 0.15) is 4.90 Å². The van der Waals surface area contributed by atoms with Crippen LogP contribution in [0.4, 0.5) is 0 Å². The number of hydrogen-bond acceptors (Lipinski definition) is 3. The van der Waals surface area contributed by atoms with E-state index in [1.54, 1.807) is 20.2 Å². The molecule has 0 aromatic heterocycles. The van der Waals surface area contributed by atoms with Gasteiger partial charge in [-0.1, -0.05) is 34.5 Å².